The summed E-state index contributed by atoms with van der Waals surface area (Å²) in [4.78, 5) is 5.18. The predicted octanol–water partition coefficient (Wildman–Crippen LogP) is 3.04. The molecule has 2 atom stereocenters. The van der Waals surface area contributed by atoms with E-state index >= 15 is 0 Å². The molecule has 2 aromatic rings. The van der Waals surface area contributed by atoms with Gasteiger partial charge in [-0.3, -0.25) is 4.90 Å². The summed E-state index contributed by atoms with van der Waals surface area (Å²) >= 11 is 1.85. The van der Waals surface area contributed by atoms with Gasteiger partial charge in [0.15, 0.2) is 0 Å². The minimum absolute atomic E-state index is 0.156. The van der Waals surface area contributed by atoms with E-state index in [0.717, 1.165) is 31.1 Å². The number of hydrogen-bond donors (Lipinski definition) is 1. The summed E-state index contributed by atoms with van der Waals surface area (Å²) < 4.78 is 11.3. The van der Waals surface area contributed by atoms with Crippen LogP contribution in [0.5, 0.6) is 11.5 Å². The van der Waals surface area contributed by atoms with E-state index < -0.39 is 0 Å². The maximum Gasteiger partial charge on any atom is 0.126 e. The molecule has 0 spiro atoms. The number of thiophene rings is 1. The summed E-state index contributed by atoms with van der Waals surface area (Å²) in [5, 5.41) is 10.1. The summed E-state index contributed by atoms with van der Waals surface area (Å²) in [5.74, 6) is 2.02. The van der Waals surface area contributed by atoms with Crippen LogP contribution in [0.25, 0.3) is 0 Å². The van der Waals surface area contributed by atoms with Gasteiger partial charge >= 0.3 is 0 Å². The van der Waals surface area contributed by atoms with Gasteiger partial charge in [0, 0.05) is 46.8 Å². The van der Waals surface area contributed by atoms with E-state index in [2.05, 4.69) is 30.0 Å². The molecule has 2 aliphatic rings. The van der Waals surface area contributed by atoms with Crippen LogP contribution in [0.15, 0.2) is 30.3 Å². The third-order valence-corrected chi connectivity index (χ3v) is 6.31. The monoisotopic (exact) mass is 345 g/mol. The lowest BCUT2D eigenvalue weighted by molar-refractivity contribution is 0.0456. The van der Waals surface area contributed by atoms with Gasteiger partial charge in [-0.1, -0.05) is 6.07 Å². The van der Waals surface area contributed by atoms with Crippen molar-refractivity contribution in [3.05, 3.63) is 45.6 Å². The van der Waals surface area contributed by atoms with E-state index in [1.54, 1.807) is 7.11 Å². The number of methoxy groups -OCH3 is 1. The fourth-order valence-electron chi connectivity index (χ4n) is 4.04. The Kier molecular flexibility index (Phi) is 4.03. The highest BCUT2D eigenvalue weighted by atomic mass is 32.1. The largest absolute Gasteiger partial charge is 0.497 e. The molecule has 1 aromatic heterocycles. The molecule has 2 unspecified atom stereocenters. The molecular formula is C19H23NO3S. The molecule has 0 saturated carbocycles. The van der Waals surface area contributed by atoms with E-state index in [1.807, 2.05) is 23.5 Å². The average Bonchev–Trinajstić information content (AvgIpc) is 3.18. The Balaban J connectivity index is 1.61. The SMILES string of the molecule is COc1ccc2c(c1)OCC1(CO)CN(Cc3ccc(C)s3)CC21. The zero-order valence-corrected chi connectivity index (χ0v) is 14.9. The second kappa shape index (κ2) is 6.06. The van der Waals surface area contributed by atoms with Gasteiger partial charge in [0.1, 0.15) is 11.5 Å². The second-order valence-electron chi connectivity index (χ2n) is 6.95. The van der Waals surface area contributed by atoms with Crippen LogP contribution < -0.4 is 9.47 Å². The second-order valence-corrected chi connectivity index (χ2v) is 8.32. The van der Waals surface area contributed by atoms with E-state index in [9.17, 15) is 5.11 Å². The van der Waals surface area contributed by atoms with Crippen molar-refractivity contribution in [2.24, 2.45) is 5.41 Å². The Morgan fingerprint density at radius 3 is 2.96 bits per heavy atom. The summed E-state index contributed by atoms with van der Waals surface area (Å²) in [6.45, 7) is 5.64. The Bertz CT molecular complexity index is 744. The van der Waals surface area contributed by atoms with Gasteiger partial charge in [-0.05, 0) is 30.7 Å². The number of nitrogens with zero attached hydrogens (tertiary/aromatic N) is 1. The highest BCUT2D eigenvalue weighted by Crippen LogP contribution is 2.50. The molecule has 3 heterocycles. The molecule has 1 aromatic carbocycles. The minimum Gasteiger partial charge on any atom is -0.497 e. The van der Waals surface area contributed by atoms with E-state index in [0.29, 0.717) is 12.5 Å². The van der Waals surface area contributed by atoms with E-state index in [4.69, 9.17) is 9.47 Å². The molecule has 2 aliphatic heterocycles. The first kappa shape index (κ1) is 15.9. The zero-order valence-electron chi connectivity index (χ0n) is 14.1. The van der Waals surface area contributed by atoms with Crippen LogP contribution in [-0.2, 0) is 6.54 Å². The summed E-state index contributed by atoms with van der Waals surface area (Å²) in [6, 6.07) is 10.4. The number of aliphatic hydroxyl groups excluding tert-OH is 1. The number of hydrogen-bond acceptors (Lipinski definition) is 5. The van der Waals surface area contributed by atoms with Gasteiger partial charge in [-0.2, -0.15) is 0 Å². The topological polar surface area (TPSA) is 41.9 Å². The van der Waals surface area contributed by atoms with Crippen molar-refractivity contribution in [1.82, 2.24) is 4.90 Å². The van der Waals surface area contributed by atoms with Gasteiger partial charge in [-0.15, -0.1) is 11.3 Å². The summed E-state index contributed by atoms with van der Waals surface area (Å²) in [5.41, 5.74) is 0.995. The lowest BCUT2D eigenvalue weighted by Gasteiger charge is -2.38. The molecular weight excluding hydrogens is 322 g/mol. The number of ether oxygens (including phenoxy) is 2. The van der Waals surface area contributed by atoms with Crippen LogP contribution in [-0.4, -0.2) is 43.4 Å². The van der Waals surface area contributed by atoms with Crippen molar-refractivity contribution in [3.63, 3.8) is 0 Å². The van der Waals surface area contributed by atoms with Crippen molar-refractivity contribution >= 4 is 11.3 Å². The Labute approximate surface area is 146 Å². The average molecular weight is 345 g/mol. The molecule has 1 N–H and O–H groups in total. The fourth-order valence-corrected chi connectivity index (χ4v) is 4.97. The molecule has 128 valence electrons. The van der Waals surface area contributed by atoms with Crippen LogP contribution >= 0.6 is 11.3 Å². The summed E-state index contributed by atoms with van der Waals surface area (Å²) in [6.07, 6.45) is 0. The number of rotatable bonds is 4. The Hall–Kier alpha value is -1.56. The number of likely N-dealkylation sites (tertiary alicyclic amines) is 1. The zero-order chi connectivity index (χ0) is 16.7. The van der Waals surface area contributed by atoms with Gasteiger partial charge < -0.3 is 14.6 Å². The number of benzene rings is 1. The van der Waals surface area contributed by atoms with Gasteiger partial charge in [0.25, 0.3) is 0 Å². The maximum absolute atomic E-state index is 10.1. The number of aliphatic hydroxyl groups is 1. The third kappa shape index (κ3) is 2.61. The Morgan fingerprint density at radius 2 is 2.25 bits per heavy atom. The molecule has 4 rings (SSSR count). The van der Waals surface area contributed by atoms with E-state index in [1.165, 1.54) is 15.3 Å². The Morgan fingerprint density at radius 1 is 1.38 bits per heavy atom. The lowest BCUT2D eigenvalue weighted by Crippen LogP contribution is -2.42. The molecule has 0 aliphatic carbocycles. The van der Waals surface area contributed by atoms with Gasteiger partial charge in [-0.25, -0.2) is 0 Å². The van der Waals surface area contributed by atoms with E-state index in [-0.39, 0.29) is 12.0 Å². The lowest BCUT2D eigenvalue weighted by atomic mass is 9.74. The first-order valence-corrected chi connectivity index (χ1v) is 9.14. The third-order valence-electron chi connectivity index (χ3n) is 5.32. The molecule has 0 amide bonds. The highest BCUT2D eigenvalue weighted by molar-refractivity contribution is 7.11. The molecule has 1 saturated heterocycles. The van der Waals surface area contributed by atoms with Crippen molar-refractivity contribution < 1.29 is 14.6 Å². The molecule has 5 heteroatoms. The van der Waals surface area contributed by atoms with Crippen LogP contribution in [0.1, 0.15) is 21.2 Å². The number of fused-ring (bicyclic) bond motifs is 3. The quantitative estimate of drug-likeness (QED) is 0.925. The smallest absolute Gasteiger partial charge is 0.126 e. The predicted molar refractivity (Wildman–Crippen MR) is 95.1 cm³/mol. The van der Waals surface area contributed by atoms with Crippen LogP contribution in [0.2, 0.25) is 0 Å². The molecule has 24 heavy (non-hydrogen) atoms. The van der Waals surface area contributed by atoms with Crippen LogP contribution in [0, 0.1) is 12.3 Å². The molecule has 0 radical (unpaired) electrons. The first-order chi connectivity index (χ1) is 11.6. The van der Waals surface area contributed by atoms with Gasteiger partial charge in [0.05, 0.1) is 20.3 Å². The van der Waals surface area contributed by atoms with Crippen molar-refractivity contribution in [2.45, 2.75) is 19.4 Å². The van der Waals surface area contributed by atoms with Gasteiger partial charge in [0.2, 0.25) is 0 Å². The van der Waals surface area contributed by atoms with Crippen molar-refractivity contribution in [2.75, 3.05) is 33.4 Å². The standard InChI is InChI=1S/C19H23NO3S/c1-13-3-5-15(24-13)8-20-9-17-16-6-4-14(22-2)7-18(16)23-12-19(17,10-20)11-21/h3-7,17,21H,8-12H2,1-2H3. The molecule has 1 fully saturated rings. The molecule has 4 nitrogen and oxygen atoms in total. The minimum atomic E-state index is -0.201. The van der Waals surface area contributed by atoms with Crippen LogP contribution in [0.4, 0.5) is 0 Å². The molecule has 0 bridgehead atoms. The van der Waals surface area contributed by atoms with Crippen molar-refractivity contribution in [3.8, 4) is 11.5 Å². The number of aryl methyl sites for hydroxylation is 1. The first-order valence-electron chi connectivity index (χ1n) is 8.33. The van der Waals surface area contributed by atoms with Crippen molar-refractivity contribution in [1.29, 1.82) is 0 Å². The maximum atomic E-state index is 10.1. The highest BCUT2D eigenvalue weighted by Gasteiger charge is 2.50. The van der Waals surface area contributed by atoms with Crippen LogP contribution in [0.3, 0.4) is 0 Å². The normalized spacial score (nSPS) is 25.9. The summed E-state index contributed by atoms with van der Waals surface area (Å²) in [7, 11) is 1.67. The fraction of sp³-hybridized carbons (Fsp3) is 0.474.